The summed E-state index contributed by atoms with van der Waals surface area (Å²) < 4.78 is 10.4. The third-order valence-corrected chi connectivity index (χ3v) is 5.13. The fraction of sp³-hybridized carbons (Fsp3) is 0.737. The van der Waals surface area contributed by atoms with Crippen LogP contribution >= 0.6 is 23.4 Å². The molecule has 2 rings (SSSR count). The van der Waals surface area contributed by atoms with Crippen LogP contribution in [0.25, 0.3) is 0 Å². The number of carbonyl (C=O) groups excluding carboxylic acids is 1. The minimum Gasteiger partial charge on any atom is -0.464 e. The Morgan fingerprint density at radius 2 is 2.00 bits per heavy atom. The molecule has 0 spiro atoms. The number of hydrogen-bond acceptors (Lipinski definition) is 11. The van der Waals surface area contributed by atoms with Gasteiger partial charge in [0.2, 0.25) is 0 Å². The summed E-state index contributed by atoms with van der Waals surface area (Å²) in [4.78, 5) is 31.0. The van der Waals surface area contributed by atoms with Gasteiger partial charge in [-0.2, -0.15) is 0 Å². The van der Waals surface area contributed by atoms with Crippen LogP contribution in [0.15, 0.2) is 10.3 Å². The number of carbonyl (C=O) groups is 1. The molecule has 2 unspecified atom stereocenters. The molecule has 0 bridgehead atoms. The summed E-state index contributed by atoms with van der Waals surface area (Å²) in [5, 5.41) is 22.9. The lowest BCUT2D eigenvalue weighted by molar-refractivity contribution is -0.150. The Labute approximate surface area is 191 Å². The second-order valence-electron chi connectivity index (χ2n) is 7.32. The number of esters is 1. The number of thioether (sulfide) groups is 1. The van der Waals surface area contributed by atoms with Gasteiger partial charge < -0.3 is 25.0 Å². The van der Waals surface area contributed by atoms with Crippen LogP contribution in [0.5, 0.6) is 0 Å². The second kappa shape index (κ2) is 13.8. The zero-order chi connectivity index (χ0) is 23.4. The van der Waals surface area contributed by atoms with Gasteiger partial charge in [0, 0.05) is 11.8 Å². The van der Waals surface area contributed by atoms with Crippen molar-refractivity contribution in [3.05, 3.63) is 10.1 Å². The summed E-state index contributed by atoms with van der Waals surface area (Å²) >= 11 is 7.54. The largest absolute Gasteiger partial charge is 0.464 e. The van der Waals surface area contributed by atoms with E-state index in [9.17, 15) is 9.70 Å². The number of nitroso groups, excluding NO2 is 1. The van der Waals surface area contributed by atoms with Gasteiger partial charge in [-0.3, -0.25) is 0 Å². The van der Waals surface area contributed by atoms with Crippen molar-refractivity contribution in [3.63, 3.8) is 0 Å². The zero-order valence-electron chi connectivity index (χ0n) is 18.3. The maximum absolute atomic E-state index is 11.4. The van der Waals surface area contributed by atoms with Crippen molar-refractivity contribution in [3.8, 4) is 0 Å². The molecule has 1 aromatic rings. The maximum atomic E-state index is 11.4. The third kappa shape index (κ3) is 11.6. The summed E-state index contributed by atoms with van der Waals surface area (Å²) in [6.45, 7) is 6.70. The van der Waals surface area contributed by atoms with Crippen molar-refractivity contribution in [2.45, 2.75) is 76.5 Å². The summed E-state index contributed by atoms with van der Waals surface area (Å²) in [5.41, 5.74) is 0.0170. The Morgan fingerprint density at radius 3 is 2.58 bits per heavy atom. The van der Waals surface area contributed by atoms with Crippen molar-refractivity contribution in [1.29, 1.82) is 0 Å². The number of aromatic nitrogens is 2. The van der Waals surface area contributed by atoms with E-state index in [0.29, 0.717) is 24.0 Å². The number of nitrogens with zero attached hydrogens (tertiary/aromatic N) is 3. The van der Waals surface area contributed by atoms with Crippen molar-refractivity contribution in [2.75, 3.05) is 24.3 Å². The Bertz CT molecular complexity index is 713. The van der Waals surface area contributed by atoms with Gasteiger partial charge in [0.15, 0.2) is 27.6 Å². The van der Waals surface area contributed by atoms with Crippen molar-refractivity contribution in [1.82, 2.24) is 9.97 Å². The van der Waals surface area contributed by atoms with E-state index >= 15 is 0 Å². The molecular weight excluding hydrogens is 448 g/mol. The molecule has 0 aliphatic heterocycles. The van der Waals surface area contributed by atoms with Gasteiger partial charge in [0.1, 0.15) is 6.61 Å². The van der Waals surface area contributed by atoms with Gasteiger partial charge in [-0.25, -0.2) is 14.8 Å². The molecule has 3 N–H and O–H groups in total. The normalized spacial score (nSPS) is 18.2. The lowest BCUT2D eigenvalue weighted by atomic mass is 10.2. The van der Waals surface area contributed by atoms with Crippen LogP contribution in [-0.2, 0) is 14.3 Å². The maximum Gasteiger partial charge on any atom is 0.332 e. The summed E-state index contributed by atoms with van der Waals surface area (Å²) in [6.07, 6.45) is 3.25. The van der Waals surface area contributed by atoms with E-state index in [4.69, 9.17) is 31.3 Å². The van der Waals surface area contributed by atoms with Gasteiger partial charge in [-0.1, -0.05) is 30.3 Å². The first-order valence-electron chi connectivity index (χ1n) is 10.1. The molecule has 31 heavy (non-hydrogen) atoms. The Morgan fingerprint density at radius 1 is 1.32 bits per heavy atom. The van der Waals surface area contributed by atoms with Gasteiger partial charge in [-0.05, 0) is 51.6 Å². The van der Waals surface area contributed by atoms with Crippen LogP contribution in [0, 0.1) is 4.91 Å². The van der Waals surface area contributed by atoms with Gasteiger partial charge in [0.25, 0.3) is 0 Å². The first kappa shape index (κ1) is 27.5. The van der Waals surface area contributed by atoms with E-state index in [1.165, 1.54) is 25.6 Å². The molecule has 2 atom stereocenters. The van der Waals surface area contributed by atoms with Crippen molar-refractivity contribution in [2.24, 2.45) is 5.18 Å². The van der Waals surface area contributed by atoms with Gasteiger partial charge in [0.05, 0.1) is 12.7 Å². The minimum atomic E-state index is -1.50. The highest BCUT2D eigenvalue weighted by atomic mass is 35.5. The molecule has 1 aliphatic carbocycles. The monoisotopic (exact) mass is 478 g/mol. The number of rotatable bonds is 10. The predicted octanol–water partition coefficient (Wildman–Crippen LogP) is 3.65. The van der Waals surface area contributed by atoms with E-state index in [1.54, 1.807) is 6.92 Å². The standard InChI is InChI=1S/C16H23ClN4O4S.C3H8O2/c1-3-7-26-16-19-14(17)13(21-23)15(20-16)18-10-5-6-11(8-10)25-9-12(22)24-4-2;1-3(2,4)5/h10-11H,3-9H2,1-2H3,(H,18,19,20);4-5H,1-2H3. The number of anilines is 1. The van der Waals surface area contributed by atoms with Crippen LogP contribution in [-0.4, -0.2) is 63.0 Å². The number of halogens is 1. The Hall–Kier alpha value is -1.53. The molecule has 0 aromatic carbocycles. The van der Waals surface area contributed by atoms with E-state index in [-0.39, 0.29) is 35.6 Å². The molecule has 0 amide bonds. The number of aliphatic hydroxyl groups is 2. The van der Waals surface area contributed by atoms with E-state index < -0.39 is 5.79 Å². The third-order valence-electron chi connectivity index (χ3n) is 3.82. The Kier molecular flexibility index (Phi) is 12.2. The quantitative estimate of drug-likeness (QED) is 0.114. The van der Waals surface area contributed by atoms with E-state index in [0.717, 1.165) is 25.0 Å². The summed E-state index contributed by atoms with van der Waals surface area (Å²) in [5.74, 6) is -0.664. The predicted molar refractivity (Wildman–Crippen MR) is 120 cm³/mol. The first-order valence-corrected chi connectivity index (χ1v) is 11.5. The van der Waals surface area contributed by atoms with Gasteiger partial charge in [-0.15, -0.1) is 4.91 Å². The minimum absolute atomic E-state index is 0.0170. The molecule has 1 aliphatic rings. The van der Waals surface area contributed by atoms with Crippen molar-refractivity contribution >= 4 is 40.8 Å². The van der Waals surface area contributed by atoms with Crippen LogP contribution in [0.1, 0.15) is 53.4 Å². The fourth-order valence-corrected chi connectivity index (χ4v) is 3.60. The molecule has 0 saturated heterocycles. The van der Waals surface area contributed by atoms with Crippen LogP contribution in [0.2, 0.25) is 5.15 Å². The molecule has 0 radical (unpaired) electrons. The number of ether oxygens (including phenoxy) is 2. The Balaban J connectivity index is 0.000000861. The van der Waals surface area contributed by atoms with E-state index in [2.05, 4.69) is 27.4 Å². The lowest BCUT2D eigenvalue weighted by Crippen LogP contribution is -2.21. The first-order chi connectivity index (χ1) is 14.6. The molecule has 12 heteroatoms. The lowest BCUT2D eigenvalue weighted by Gasteiger charge is -2.16. The SMILES string of the molecule is CC(C)(O)O.CCCSc1nc(Cl)c(N=O)c(NC2CCC(OCC(=O)OCC)C2)n1. The average Bonchev–Trinajstić information content (AvgIpc) is 3.11. The average molecular weight is 479 g/mol. The van der Waals surface area contributed by atoms with Gasteiger partial charge >= 0.3 is 5.97 Å². The molecule has 1 saturated carbocycles. The number of nitrogens with one attached hydrogen (secondary N) is 1. The van der Waals surface area contributed by atoms with Crippen LogP contribution in [0.3, 0.4) is 0 Å². The number of hydrogen-bond donors (Lipinski definition) is 3. The van der Waals surface area contributed by atoms with E-state index in [1.807, 2.05) is 0 Å². The summed E-state index contributed by atoms with van der Waals surface area (Å²) in [6, 6.07) is 0.0534. The molecule has 1 fully saturated rings. The molecule has 1 heterocycles. The van der Waals surface area contributed by atoms with Crippen LogP contribution in [0.4, 0.5) is 11.5 Å². The fourth-order valence-electron chi connectivity index (χ4n) is 2.65. The van der Waals surface area contributed by atoms with Crippen molar-refractivity contribution < 1.29 is 24.5 Å². The highest BCUT2D eigenvalue weighted by Crippen LogP contribution is 2.35. The topological polar surface area (TPSA) is 143 Å². The summed E-state index contributed by atoms with van der Waals surface area (Å²) in [7, 11) is 0. The molecular formula is C19H31ClN4O6S. The van der Waals surface area contributed by atoms with Crippen LogP contribution < -0.4 is 5.32 Å². The molecule has 176 valence electrons. The smallest absolute Gasteiger partial charge is 0.332 e. The highest BCUT2D eigenvalue weighted by molar-refractivity contribution is 7.99. The molecule has 10 nitrogen and oxygen atoms in total. The second-order valence-corrected chi connectivity index (χ2v) is 8.74. The zero-order valence-corrected chi connectivity index (χ0v) is 19.8. The molecule has 1 aromatic heterocycles. The highest BCUT2D eigenvalue weighted by Gasteiger charge is 2.28.